The predicted molar refractivity (Wildman–Crippen MR) is 104 cm³/mol. The standard InChI is InChI=1S/C16H12Br2N4OS/c1-9-4-2-3-5-12(9)15-20-21-16(24)22(15)19-8-10-6-11(17)7-13(18)14(10)23/h2-8,23H,1H3,(H,21,24). The van der Waals surface area contributed by atoms with Crippen molar-refractivity contribution >= 4 is 50.3 Å². The summed E-state index contributed by atoms with van der Waals surface area (Å²) in [4.78, 5) is 0. The summed E-state index contributed by atoms with van der Waals surface area (Å²) in [6.45, 7) is 2.00. The zero-order valence-corrected chi connectivity index (χ0v) is 16.5. The van der Waals surface area contributed by atoms with Crippen molar-refractivity contribution < 1.29 is 5.11 Å². The number of nitrogens with zero attached hydrogens (tertiary/aromatic N) is 3. The molecule has 0 amide bonds. The van der Waals surface area contributed by atoms with E-state index in [4.69, 9.17) is 12.2 Å². The summed E-state index contributed by atoms with van der Waals surface area (Å²) in [6.07, 6.45) is 1.54. The van der Waals surface area contributed by atoms with Gasteiger partial charge < -0.3 is 5.11 Å². The van der Waals surface area contributed by atoms with Crippen molar-refractivity contribution in [3.05, 3.63) is 61.2 Å². The van der Waals surface area contributed by atoms with Gasteiger partial charge in [0.15, 0.2) is 5.82 Å². The first kappa shape index (κ1) is 17.1. The highest BCUT2D eigenvalue weighted by molar-refractivity contribution is 9.11. The summed E-state index contributed by atoms with van der Waals surface area (Å²) in [5.41, 5.74) is 2.55. The van der Waals surface area contributed by atoms with E-state index in [-0.39, 0.29) is 5.75 Å². The first-order chi connectivity index (χ1) is 11.5. The average molecular weight is 468 g/mol. The monoisotopic (exact) mass is 466 g/mol. The Labute approximate surface area is 160 Å². The van der Waals surface area contributed by atoms with E-state index in [1.807, 2.05) is 31.2 Å². The van der Waals surface area contributed by atoms with Crippen LogP contribution in [0.2, 0.25) is 0 Å². The third kappa shape index (κ3) is 3.35. The molecule has 8 heteroatoms. The fraction of sp³-hybridized carbons (Fsp3) is 0.0625. The second-order valence-electron chi connectivity index (χ2n) is 5.05. The van der Waals surface area contributed by atoms with Crippen molar-refractivity contribution in [2.75, 3.05) is 0 Å². The number of benzene rings is 2. The van der Waals surface area contributed by atoms with Gasteiger partial charge in [0, 0.05) is 15.6 Å². The number of halogens is 2. The largest absolute Gasteiger partial charge is 0.506 e. The van der Waals surface area contributed by atoms with Gasteiger partial charge in [-0.05, 0) is 52.8 Å². The molecule has 0 aliphatic heterocycles. The maximum Gasteiger partial charge on any atom is 0.216 e. The maximum atomic E-state index is 10.1. The third-order valence-corrected chi connectivity index (χ3v) is 4.73. The molecule has 5 nitrogen and oxygen atoms in total. The Bertz CT molecular complexity index is 994. The molecule has 122 valence electrons. The van der Waals surface area contributed by atoms with Gasteiger partial charge in [0.25, 0.3) is 0 Å². The van der Waals surface area contributed by atoms with Gasteiger partial charge in [-0.25, -0.2) is 5.10 Å². The zero-order valence-electron chi connectivity index (χ0n) is 12.5. The summed E-state index contributed by atoms with van der Waals surface area (Å²) in [5, 5.41) is 21.5. The number of hydrogen-bond acceptors (Lipinski definition) is 4. The molecule has 0 unspecified atom stereocenters. The molecule has 0 atom stereocenters. The van der Waals surface area contributed by atoms with Crippen LogP contribution in [0.1, 0.15) is 11.1 Å². The topological polar surface area (TPSA) is 66.2 Å². The van der Waals surface area contributed by atoms with E-state index in [0.29, 0.717) is 20.6 Å². The van der Waals surface area contributed by atoms with Crippen molar-refractivity contribution in [3.8, 4) is 17.1 Å². The Balaban J connectivity index is 2.08. The lowest BCUT2D eigenvalue weighted by atomic mass is 10.1. The van der Waals surface area contributed by atoms with Crippen LogP contribution in [-0.2, 0) is 0 Å². The number of nitrogens with one attached hydrogen (secondary N) is 1. The van der Waals surface area contributed by atoms with Gasteiger partial charge in [0.1, 0.15) is 5.75 Å². The first-order valence-corrected chi connectivity index (χ1v) is 8.92. The van der Waals surface area contributed by atoms with Crippen LogP contribution in [0.3, 0.4) is 0 Å². The number of phenols is 1. The van der Waals surface area contributed by atoms with Crippen LogP contribution >= 0.6 is 44.1 Å². The molecule has 0 aliphatic carbocycles. The van der Waals surface area contributed by atoms with Gasteiger partial charge in [0.2, 0.25) is 4.77 Å². The van der Waals surface area contributed by atoms with Gasteiger partial charge in [-0.15, -0.1) is 0 Å². The van der Waals surface area contributed by atoms with Crippen LogP contribution in [-0.4, -0.2) is 26.2 Å². The molecule has 2 aromatic carbocycles. The molecular formula is C16H12Br2N4OS. The molecule has 0 fully saturated rings. The molecule has 0 saturated heterocycles. The summed E-state index contributed by atoms with van der Waals surface area (Å²) < 4.78 is 3.31. The van der Waals surface area contributed by atoms with Crippen LogP contribution in [0.4, 0.5) is 0 Å². The van der Waals surface area contributed by atoms with E-state index in [1.165, 1.54) is 10.9 Å². The first-order valence-electron chi connectivity index (χ1n) is 6.93. The molecule has 1 heterocycles. The smallest absolute Gasteiger partial charge is 0.216 e. The van der Waals surface area contributed by atoms with E-state index in [0.717, 1.165) is 15.6 Å². The molecule has 0 saturated carbocycles. The Morgan fingerprint density at radius 3 is 2.79 bits per heavy atom. The number of aromatic amines is 1. The Kier molecular flexibility index (Phi) is 4.98. The van der Waals surface area contributed by atoms with Crippen molar-refractivity contribution in [1.82, 2.24) is 14.9 Å². The molecule has 3 aromatic rings. The molecular weight excluding hydrogens is 456 g/mol. The van der Waals surface area contributed by atoms with Gasteiger partial charge in [0.05, 0.1) is 10.7 Å². The number of aromatic hydroxyl groups is 1. The lowest BCUT2D eigenvalue weighted by Gasteiger charge is -2.05. The Morgan fingerprint density at radius 2 is 2.04 bits per heavy atom. The van der Waals surface area contributed by atoms with Crippen LogP contribution in [0.25, 0.3) is 11.4 Å². The number of rotatable bonds is 3. The van der Waals surface area contributed by atoms with Gasteiger partial charge in [-0.3, -0.25) is 0 Å². The van der Waals surface area contributed by atoms with Crippen molar-refractivity contribution in [2.24, 2.45) is 5.10 Å². The minimum Gasteiger partial charge on any atom is -0.506 e. The molecule has 0 aliphatic rings. The van der Waals surface area contributed by atoms with Crippen LogP contribution < -0.4 is 0 Å². The Morgan fingerprint density at radius 1 is 1.29 bits per heavy atom. The van der Waals surface area contributed by atoms with E-state index in [1.54, 1.807) is 12.1 Å². The zero-order chi connectivity index (χ0) is 17.3. The summed E-state index contributed by atoms with van der Waals surface area (Å²) in [5.74, 6) is 0.720. The Hall–Kier alpha value is -1.77. The molecule has 3 rings (SSSR count). The highest BCUT2D eigenvalue weighted by Gasteiger charge is 2.11. The molecule has 0 bridgehead atoms. The minimum absolute atomic E-state index is 0.106. The number of aryl methyl sites for hydroxylation is 1. The van der Waals surface area contributed by atoms with E-state index >= 15 is 0 Å². The van der Waals surface area contributed by atoms with Crippen LogP contribution in [0.5, 0.6) is 5.75 Å². The molecule has 2 N–H and O–H groups in total. The van der Waals surface area contributed by atoms with Gasteiger partial charge in [-0.2, -0.15) is 14.9 Å². The molecule has 1 aromatic heterocycles. The second kappa shape index (κ2) is 7.00. The highest BCUT2D eigenvalue weighted by Crippen LogP contribution is 2.30. The number of H-pyrrole nitrogens is 1. The highest BCUT2D eigenvalue weighted by atomic mass is 79.9. The van der Waals surface area contributed by atoms with E-state index in [9.17, 15) is 5.11 Å². The number of aromatic nitrogens is 3. The lowest BCUT2D eigenvalue weighted by molar-refractivity contribution is 0.471. The van der Waals surface area contributed by atoms with E-state index in [2.05, 4.69) is 47.2 Å². The average Bonchev–Trinajstić information content (AvgIpc) is 2.90. The SMILES string of the molecule is Cc1ccccc1-c1n[nH]c(=S)n1N=Cc1cc(Br)cc(Br)c1O. The van der Waals surface area contributed by atoms with Crippen LogP contribution in [0.15, 0.2) is 50.4 Å². The summed E-state index contributed by atoms with van der Waals surface area (Å²) >= 11 is 12.0. The maximum absolute atomic E-state index is 10.1. The lowest BCUT2D eigenvalue weighted by Crippen LogP contribution is -1.96. The van der Waals surface area contributed by atoms with Crippen molar-refractivity contribution in [1.29, 1.82) is 0 Å². The minimum atomic E-state index is 0.106. The predicted octanol–water partition coefficient (Wildman–Crippen LogP) is 5.03. The van der Waals surface area contributed by atoms with Crippen molar-refractivity contribution in [3.63, 3.8) is 0 Å². The second-order valence-corrected chi connectivity index (χ2v) is 7.21. The summed E-state index contributed by atoms with van der Waals surface area (Å²) in [6, 6.07) is 11.4. The fourth-order valence-electron chi connectivity index (χ4n) is 2.20. The number of hydrogen-bond donors (Lipinski definition) is 2. The van der Waals surface area contributed by atoms with Gasteiger partial charge in [-0.1, -0.05) is 40.2 Å². The summed E-state index contributed by atoms with van der Waals surface area (Å²) in [7, 11) is 0. The molecule has 0 radical (unpaired) electrons. The number of phenolic OH excluding ortho intramolecular Hbond substituents is 1. The fourth-order valence-corrected chi connectivity index (χ4v) is 3.64. The quantitative estimate of drug-likeness (QED) is 0.419. The third-order valence-electron chi connectivity index (χ3n) is 3.41. The molecule has 0 spiro atoms. The normalized spacial score (nSPS) is 11.3. The van der Waals surface area contributed by atoms with Gasteiger partial charge >= 0.3 is 0 Å². The van der Waals surface area contributed by atoms with Crippen LogP contribution in [0, 0.1) is 11.7 Å². The van der Waals surface area contributed by atoms with E-state index < -0.39 is 0 Å². The van der Waals surface area contributed by atoms with Crippen molar-refractivity contribution in [2.45, 2.75) is 6.92 Å². The molecule has 24 heavy (non-hydrogen) atoms.